The fourth-order valence-electron chi connectivity index (χ4n) is 2.62. The molecule has 3 rings (SSSR count). The molecule has 1 unspecified atom stereocenters. The third kappa shape index (κ3) is 3.15. The molecule has 0 spiro atoms. The minimum Gasteiger partial charge on any atom is -0.482 e. The van der Waals surface area contributed by atoms with Crippen LogP contribution in [-0.4, -0.2) is 29.9 Å². The Kier molecular flexibility index (Phi) is 4.58. The first-order valence-corrected chi connectivity index (χ1v) is 8.20. The van der Waals surface area contributed by atoms with E-state index in [0.29, 0.717) is 17.0 Å². The number of halogens is 2. The van der Waals surface area contributed by atoms with E-state index < -0.39 is 11.6 Å². The van der Waals surface area contributed by atoms with E-state index in [-0.39, 0.29) is 28.3 Å². The van der Waals surface area contributed by atoms with Gasteiger partial charge in [-0.15, -0.1) is 0 Å². The maximum Gasteiger partial charge on any atom is 0.270 e. The van der Waals surface area contributed by atoms with Crippen LogP contribution in [0, 0.1) is 0 Å². The van der Waals surface area contributed by atoms with Gasteiger partial charge in [-0.05, 0) is 31.2 Å². The van der Waals surface area contributed by atoms with Gasteiger partial charge in [0.1, 0.15) is 10.8 Å². The van der Waals surface area contributed by atoms with Gasteiger partial charge in [0.15, 0.2) is 12.4 Å². The third-order valence-electron chi connectivity index (χ3n) is 4.09. The number of amides is 1. The molecule has 0 aliphatic carbocycles. The van der Waals surface area contributed by atoms with Crippen molar-refractivity contribution >= 4 is 40.6 Å². The van der Waals surface area contributed by atoms with E-state index >= 15 is 0 Å². The Labute approximate surface area is 153 Å². The minimum atomic E-state index is -0.813. The van der Waals surface area contributed by atoms with Crippen LogP contribution < -0.4 is 15.2 Å². The lowest BCUT2D eigenvalue weighted by molar-refractivity contribution is -0.120. The predicted octanol–water partition coefficient (Wildman–Crippen LogP) is 2.95. The standard InChI is InChI=1S/C17H14Cl2N2O4/c1-9(21-7-11(18)6-12(19)17(21)24)16(23)10-3-4-14-13(5-10)20(2)15(22)8-25-14/h3-7,9H,8H2,1-2H3. The highest BCUT2D eigenvalue weighted by Crippen LogP contribution is 2.33. The maximum absolute atomic E-state index is 12.8. The van der Waals surface area contributed by atoms with Crippen LogP contribution in [0.3, 0.4) is 0 Å². The first-order valence-electron chi connectivity index (χ1n) is 7.44. The van der Waals surface area contributed by atoms with Crippen molar-refractivity contribution in [2.75, 3.05) is 18.6 Å². The molecule has 1 amide bonds. The molecule has 0 bridgehead atoms. The summed E-state index contributed by atoms with van der Waals surface area (Å²) in [4.78, 5) is 38.2. The van der Waals surface area contributed by atoms with Crippen molar-refractivity contribution in [3.05, 3.63) is 56.4 Å². The monoisotopic (exact) mass is 380 g/mol. The van der Waals surface area contributed by atoms with Crippen LogP contribution in [0.25, 0.3) is 0 Å². The van der Waals surface area contributed by atoms with Crippen LogP contribution in [0.15, 0.2) is 35.3 Å². The number of benzene rings is 1. The summed E-state index contributed by atoms with van der Waals surface area (Å²) in [5.74, 6) is 0.00640. The molecule has 1 aromatic heterocycles. The lowest BCUT2D eigenvalue weighted by Gasteiger charge is -2.26. The van der Waals surface area contributed by atoms with E-state index in [1.54, 1.807) is 32.2 Å². The Hall–Kier alpha value is -2.31. The smallest absolute Gasteiger partial charge is 0.270 e. The van der Waals surface area contributed by atoms with E-state index in [0.717, 1.165) is 0 Å². The Morgan fingerprint density at radius 2 is 1.96 bits per heavy atom. The van der Waals surface area contributed by atoms with E-state index in [4.69, 9.17) is 27.9 Å². The zero-order valence-electron chi connectivity index (χ0n) is 13.5. The largest absolute Gasteiger partial charge is 0.482 e. The number of carbonyl (C=O) groups is 2. The van der Waals surface area contributed by atoms with Crippen molar-refractivity contribution in [1.29, 1.82) is 0 Å². The van der Waals surface area contributed by atoms with Crippen molar-refractivity contribution in [1.82, 2.24) is 4.57 Å². The highest BCUT2D eigenvalue weighted by atomic mass is 35.5. The molecule has 0 saturated carbocycles. The average Bonchev–Trinajstić information content (AvgIpc) is 2.60. The summed E-state index contributed by atoms with van der Waals surface area (Å²) in [5.41, 5.74) is 0.352. The van der Waals surface area contributed by atoms with Crippen LogP contribution in [0.4, 0.5) is 5.69 Å². The summed E-state index contributed by atoms with van der Waals surface area (Å²) in [6.45, 7) is 1.55. The van der Waals surface area contributed by atoms with Crippen LogP contribution in [0.1, 0.15) is 23.3 Å². The molecule has 6 nitrogen and oxygen atoms in total. The number of nitrogens with zero attached hydrogens (tertiary/aromatic N) is 2. The molecule has 25 heavy (non-hydrogen) atoms. The number of carbonyl (C=O) groups excluding carboxylic acids is 2. The second-order valence-corrected chi connectivity index (χ2v) is 6.53. The molecule has 0 radical (unpaired) electrons. The molecule has 8 heteroatoms. The highest BCUT2D eigenvalue weighted by Gasteiger charge is 2.25. The number of fused-ring (bicyclic) bond motifs is 1. The molecule has 0 saturated heterocycles. The summed E-state index contributed by atoms with van der Waals surface area (Å²) in [5, 5.41) is 0.199. The van der Waals surface area contributed by atoms with Crippen molar-refractivity contribution < 1.29 is 14.3 Å². The van der Waals surface area contributed by atoms with E-state index in [1.807, 2.05) is 0 Å². The van der Waals surface area contributed by atoms with Gasteiger partial charge in [0, 0.05) is 18.8 Å². The summed E-state index contributed by atoms with van der Waals surface area (Å²) < 4.78 is 6.54. The van der Waals surface area contributed by atoms with E-state index in [9.17, 15) is 14.4 Å². The number of likely N-dealkylation sites (N-methyl/N-ethyl adjacent to an activating group) is 1. The van der Waals surface area contributed by atoms with Crippen LogP contribution >= 0.6 is 23.2 Å². The average molecular weight is 381 g/mol. The first kappa shape index (κ1) is 17.5. The summed E-state index contributed by atoms with van der Waals surface area (Å²) in [7, 11) is 1.61. The van der Waals surface area contributed by atoms with Crippen molar-refractivity contribution in [2.24, 2.45) is 0 Å². The molecule has 1 aliphatic rings. The first-order chi connectivity index (χ1) is 11.8. The predicted molar refractivity (Wildman–Crippen MR) is 95.1 cm³/mol. The zero-order chi connectivity index (χ0) is 18.3. The van der Waals surface area contributed by atoms with Crippen molar-refractivity contribution in [3.63, 3.8) is 0 Å². The number of aromatic nitrogens is 1. The Morgan fingerprint density at radius 3 is 2.68 bits per heavy atom. The van der Waals surface area contributed by atoms with E-state index in [2.05, 4.69) is 0 Å². The number of ketones is 1. The lowest BCUT2D eigenvalue weighted by Crippen LogP contribution is -2.35. The van der Waals surface area contributed by atoms with Gasteiger partial charge < -0.3 is 14.2 Å². The molecule has 1 aromatic carbocycles. The fourth-order valence-corrected chi connectivity index (χ4v) is 3.10. The molecule has 2 aromatic rings. The van der Waals surface area contributed by atoms with Crippen molar-refractivity contribution in [3.8, 4) is 5.75 Å². The molecular formula is C17H14Cl2N2O4. The molecule has 0 fully saturated rings. The van der Waals surface area contributed by atoms with Crippen LogP contribution in [-0.2, 0) is 4.79 Å². The highest BCUT2D eigenvalue weighted by molar-refractivity contribution is 6.34. The summed E-state index contributed by atoms with van der Waals surface area (Å²) in [6, 6.07) is 5.32. The normalized spacial score (nSPS) is 14.7. The second kappa shape index (κ2) is 6.54. The van der Waals surface area contributed by atoms with Crippen LogP contribution in [0.5, 0.6) is 5.75 Å². The van der Waals surface area contributed by atoms with Gasteiger partial charge in [0.2, 0.25) is 0 Å². The van der Waals surface area contributed by atoms with Gasteiger partial charge in [-0.2, -0.15) is 0 Å². The minimum absolute atomic E-state index is 0.0381. The topological polar surface area (TPSA) is 68.6 Å². The summed E-state index contributed by atoms with van der Waals surface area (Å²) in [6.07, 6.45) is 1.37. The van der Waals surface area contributed by atoms with Gasteiger partial charge in [-0.1, -0.05) is 23.2 Å². The summed E-state index contributed by atoms with van der Waals surface area (Å²) >= 11 is 11.8. The van der Waals surface area contributed by atoms with Gasteiger partial charge in [-0.3, -0.25) is 14.4 Å². The second-order valence-electron chi connectivity index (χ2n) is 5.68. The molecule has 1 atom stereocenters. The zero-order valence-corrected chi connectivity index (χ0v) is 15.0. The molecule has 0 N–H and O–H groups in total. The van der Waals surface area contributed by atoms with Gasteiger partial charge in [0.05, 0.1) is 16.8 Å². The Balaban J connectivity index is 1.99. The SMILES string of the molecule is CC(C(=O)c1ccc2c(c1)N(C)C(=O)CO2)n1cc(Cl)cc(Cl)c1=O. The molecule has 1 aliphatic heterocycles. The fraction of sp³-hybridized carbons (Fsp3) is 0.235. The van der Waals surface area contributed by atoms with E-state index in [1.165, 1.54) is 21.7 Å². The Bertz CT molecular complexity index is 939. The number of rotatable bonds is 3. The molecular weight excluding hydrogens is 367 g/mol. The van der Waals surface area contributed by atoms with Crippen LogP contribution in [0.2, 0.25) is 10.0 Å². The van der Waals surface area contributed by atoms with Gasteiger partial charge >= 0.3 is 0 Å². The quantitative estimate of drug-likeness (QED) is 0.767. The number of hydrogen-bond acceptors (Lipinski definition) is 4. The number of ether oxygens (including phenoxy) is 1. The molecule has 130 valence electrons. The van der Waals surface area contributed by atoms with Crippen molar-refractivity contribution in [2.45, 2.75) is 13.0 Å². The third-order valence-corrected chi connectivity index (χ3v) is 4.57. The Morgan fingerprint density at radius 1 is 1.24 bits per heavy atom. The number of pyridine rings is 1. The number of Topliss-reactive ketones (excluding diaryl/α,β-unsaturated/α-hetero) is 1. The number of anilines is 1. The molecule has 2 heterocycles. The number of hydrogen-bond donors (Lipinski definition) is 0. The van der Waals surface area contributed by atoms with Gasteiger partial charge in [0.25, 0.3) is 11.5 Å². The van der Waals surface area contributed by atoms with Gasteiger partial charge in [-0.25, -0.2) is 0 Å². The lowest BCUT2D eigenvalue weighted by atomic mass is 10.0. The maximum atomic E-state index is 12.8.